The molecule has 2 saturated carbocycles. The highest BCUT2D eigenvalue weighted by Gasteiger charge is 2.57. The Balaban J connectivity index is 2.11. The summed E-state index contributed by atoms with van der Waals surface area (Å²) in [4.78, 5) is 23.3. The smallest absolute Gasteiger partial charge is 0.303 e. The van der Waals surface area contributed by atoms with Crippen molar-refractivity contribution in [3.05, 3.63) is 12.2 Å². The van der Waals surface area contributed by atoms with Gasteiger partial charge in [-0.2, -0.15) is 0 Å². The van der Waals surface area contributed by atoms with Gasteiger partial charge in [-0.1, -0.05) is 25.8 Å². The number of aliphatic hydroxyl groups is 1. The highest BCUT2D eigenvalue weighted by atomic mass is 16.6. The number of hydrogen-bond donors (Lipinski definition) is 1. The summed E-state index contributed by atoms with van der Waals surface area (Å²) in [5, 5.41) is 9.03. The molecule has 2 aliphatic rings. The largest absolute Gasteiger partial charge is 0.458 e. The number of esters is 2. The molecule has 0 spiro atoms. The van der Waals surface area contributed by atoms with E-state index in [1.807, 2.05) is 6.08 Å². The normalized spacial score (nSPS) is 30.4. The SMILES string of the molecule is CCCCCC(C=C[C@@H]1CC[C@@H]2C[C@@H](OCCO)C[C@]21OC(C)=O)OC(C)=O. The molecule has 1 N–H and O–H groups in total. The van der Waals surface area contributed by atoms with Crippen molar-refractivity contribution >= 4 is 11.9 Å². The molecule has 0 aromatic carbocycles. The molecule has 0 aliphatic heterocycles. The first-order chi connectivity index (χ1) is 13.4. The van der Waals surface area contributed by atoms with E-state index in [4.69, 9.17) is 19.3 Å². The van der Waals surface area contributed by atoms with E-state index in [9.17, 15) is 9.59 Å². The van der Waals surface area contributed by atoms with Crippen LogP contribution in [0.3, 0.4) is 0 Å². The third kappa shape index (κ3) is 6.05. The van der Waals surface area contributed by atoms with Crippen molar-refractivity contribution in [1.29, 1.82) is 0 Å². The van der Waals surface area contributed by atoms with Crippen molar-refractivity contribution in [3.63, 3.8) is 0 Å². The zero-order valence-electron chi connectivity index (χ0n) is 17.5. The fraction of sp³-hybridized carbons (Fsp3) is 0.818. The summed E-state index contributed by atoms with van der Waals surface area (Å²) in [7, 11) is 0. The maximum absolute atomic E-state index is 11.9. The van der Waals surface area contributed by atoms with Crippen LogP contribution >= 0.6 is 0 Å². The number of unbranched alkanes of at least 4 members (excludes halogenated alkanes) is 2. The molecular formula is C22H36O6. The van der Waals surface area contributed by atoms with E-state index < -0.39 is 5.60 Å². The lowest BCUT2D eigenvalue weighted by Gasteiger charge is -2.34. The fourth-order valence-electron chi connectivity index (χ4n) is 4.90. The maximum Gasteiger partial charge on any atom is 0.303 e. The number of fused-ring (bicyclic) bond motifs is 1. The molecule has 5 atom stereocenters. The van der Waals surface area contributed by atoms with Crippen LogP contribution in [-0.4, -0.2) is 48.1 Å². The van der Waals surface area contributed by atoms with Crippen molar-refractivity contribution in [3.8, 4) is 0 Å². The zero-order valence-corrected chi connectivity index (χ0v) is 17.5. The average Bonchev–Trinajstić information content (AvgIpc) is 3.11. The summed E-state index contributed by atoms with van der Waals surface area (Å²) in [5.74, 6) is -0.188. The summed E-state index contributed by atoms with van der Waals surface area (Å²) in [5.41, 5.74) is -0.549. The summed E-state index contributed by atoms with van der Waals surface area (Å²) in [6.45, 7) is 5.34. The van der Waals surface area contributed by atoms with E-state index >= 15 is 0 Å². The standard InChI is InChI=1S/C22H36O6/c1-4-5-6-7-20(27-16(2)24)11-10-18-8-9-19-14-21(26-13-12-23)15-22(18,19)28-17(3)25/h10-11,18-21,23H,4-9,12-15H2,1-3H3/t18-,19+,20?,21+,22+/m0/s1. The van der Waals surface area contributed by atoms with Crippen LogP contribution in [0.4, 0.5) is 0 Å². The number of rotatable bonds is 11. The first kappa shape index (κ1) is 22.9. The van der Waals surface area contributed by atoms with Gasteiger partial charge in [-0.05, 0) is 38.2 Å². The topological polar surface area (TPSA) is 82.1 Å². The summed E-state index contributed by atoms with van der Waals surface area (Å²) >= 11 is 0. The zero-order chi connectivity index (χ0) is 20.6. The Hall–Kier alpha value is -1.40. The van der Waals surface area contributed by atoms with Crippen LogP contribution in [0.5, 0.6) is 0 Å². The van der Waals surface area contributed by atoms with Crippen LogP contribution in [0.15, 0.2) is 12.2 Å². The Morgan fingerprint density at radius 2 is 2.00 bits per heavy atom. The van der Waals surface area contributed by atoms with E-state index in [1.165, 1.54) is 13.8 Å². The van der Waals surface area contributed by atoms with E-state index in [2.05, 4.69) is 13.0 Å². The Labute approximate surface area is 168 Å². The summed E-state index contributed by atoms with van der Waals surface area (Å²) < 4.78 is 17.1. The minimum absolute atomic E-state index is 0.00141. The predicted molar refractivity (Wildman–Crippen MR) is 106 cm³/mol. The third-order valence-electron chi connectivity index (χ3n) is 5.99. The third-order valence-corrected chi connectivity index (χ3v) is 5.99. The van der Waals surface area contributed by atoms with Crippen LogP contribution in [0, 0.1) is 11.8 Å². The molecule has 6 heteroatoms. The molecule has 2 fully saturated rings. The van der Waals surface area contributed by atoms with Crippen LogP contribution in [0.1, 0.15) is 72.1 Å². The quantitative estimate of drug-likeness (QED) is 0.327. The van der Waals surface area contributed by atoms with Crippen molar-refractivity contribution in [1.82, 2.24) is 0 Å². The second-order valence-corrected chi connectivity index (χ2v) is 8.11. The van der Waals surface area contributed by atoms with Gasteiger partial charge in [0.1, 0.15) is 11.7 Å². The molecule has 0 aromatic rings. The molecule has 0 saturated heterocycles. The van der Waals surface area contributed by atoms with Gasteiger partial charge in [-0.25, -0.2) is 0 Å². The summed E-state index contributed by atoms with van der Waals surface area (Å²) in [6, 6.07) is 0. The molecule has 28 heavy (non-hydrogen) atoms. The maximum atomic E-state index is 11.9. The van der Waals surface area contributed by atoms with E-state index in [0.717, 1.165) is 44.9 Å². The molecule has 1 unspecified atom stereocenters. The molecule has 2 aliphatic carbocycles. The van der Waals surface area contributed by atoms with E-state index in [1.54, 1.807) is 0 Å². The lowest BCUT2D eigenvalue weighted by atomic mass is 9.85. The van der Waals surface area contributed by atoms with E-state index in [-0.39, 0.29) is 42.6 Å². The van der Waals surface area contributed by atoms with Gasteiger partial charge in [0.05, 0.1) is 19.3 Å². The lowest BCUT2D eigenvalue weighted by Crippen LogP contribution is -2.40. The molecule has 0 radical (unpaired) electrons. The number of hydrogen-bond acceptors (Lipinski definition) is 6. The van der Waals surface area contributed by atoms with Gasteiger partial charge in [0, 0.05) is 32.1 Å². The second-order valence-electron chi connectivity index (χ2n) is 8.11. The molecule has 0 amide bonds. The first-order valence-electron chi connectivity index (χ1n) is 10.7. The fourth-order valence-corrected chi connectivity index (χ4v) is 4.90. The Kier molecular flexibility index (Phi) is 8.96. The first-order valence-corrected chi connectivity index (χ1v) is 10.7. The van der Waals surface area contributed by atoms with Gasteiger partial charge in [-0.3, -0.25) is 9.59 Å². The van der Waals surface area contributed by atoms with Gasteiger partial charge in [0.2, 0.25) is 0 Å². The van der Waals surface area contributed by atoms with Crippen LogP contribution in [-0.2, 0) is 23.8 Å². The van der Waals surface area contributed by atoms with Gasteiger partial charge in [0.15, 0.2) is 0 Å². The minimum atomic E-state index is -0.549. The number of carbonyl (C=O) groups is 2. The van der Waals surface area contributed by atoms with Gasteiger partial charge in [0.25, 0.3) is 0 Å². The van der Waals surface area contributed by atoms with Crippen molar-refractivity contribution < 1.29 is 28.9 Å². The van der Waals surface area contributed by atoms with Crippen molar-refractivity contribution in [2.75, 3.05) is 13.2 Å². The number of carbonyl (C=O) groups excluding carboxylic acids is 2. The molecule has 6 nitrogen and oxygen atoms in total. The Bertz CT molecular complexity index is 545. The Morgan fingerprint density at radius 3 is 2.64 bits per heavy atom. The molecular weight excluding hydrogens is 360 g/mol. The molecule has 2 rings (SSSR count). The second kappa shape index (κ2) is 11.0. The molecule has 0 bridgehead atoms. The van der Waals surface area contributed by atoms with Crippen LogP contribution in [0.2, 0.25) is 0 Å². The number of aliphatic hydroxyl groups excluding tert-OH is 1. The van der Waals surface area contributed by atoms with Crippen LogP contribution in [0.25, 0.3) is 0 Å². The Morgan fingerprint density at radius 1 is 1.21 bits per heavy atom. The number of ether oxygens (including phenoxy) is 3. The predicted octanol–water partition coefficient (Wildman–Crippen LogP) is 3.55. The highest BCUT2D eigenvalue weighted by Crippen LogP contribution is 2.54. The molecule has 160 valence electrons. The molecule has 0 heterocycles. The van der Waals surface area contributed by atoms with E-state index in [0.29, 0.717) is 13.0 Å². The van der Waals surface area contributed by atoms with Gasteiger partial charge >= 0.3 is 11.9 Å². The lowest BCUT2D eigenvalue weighted by molar-refractivity contribution is -0.163. The minimum Gasteiger partial charge on any atom is -0.458 e. The summed E-state index contributed by atoms with van der Waals surface area (Å²) in [6.07, 6.45) is 11.3. The van der Waals surface area contributed by atoms with Gasteiger partial charge < -0.3 is 19.3 Å². The molecule has 0 aromatic heterocycles. The highest BCUT2D eigenvalue weighted by molar-refractivity contribution is 5.67. The van der Waals surface area contributed by atoms with Crippen LogP contribution < -0.4 is 0 Å². The monoisotopic (exact) mass is 396 g/mol. The average molecular weight is 397 g/mol. The van der Waals surface area contributed by atoms with Crippen molar-refractivity contribution in [2.24, 2.45) is 11.8 Å². The van der Waals surface area contributed by atoms with Crippen molar-refractivity contribution in [2.45, 2.75) is 89.9 Å². The van der Waals surface area contributed by atoms with Gasteiger partial charge in [-0.15, -0.1) is 0 Å².